The van der Waals surface area contributed by atoms with E-state index in [0.29, 0.717) is 5.56 Å². The lowest BCUT2D eigenvalue weighted by Crippen LogP contribution is -2.15. The summed E-state index contributed by atoms with van der Waals surface area (Å²) < 4.78 is 21.5. The number of methoxy groups -OCH3 is 1. The Kier molecular flexibility index (Phi) is 5.40. The zero-order chi connectivity index (χ0) is 14.3. The first-order valence-corrected chi connectivity index (χ1v) is 5.24. The van der Waals surface area contributed by atoms with E-state index in [1.165, 1.54) is 24.3 Å². The molecule has 0 aliphatic carbocycles. The molecule has 1 aromatic carbocycles. The maximum atomic E-state index is 12.6. The van der Waals surface area contributed by atoms with Gasteiger partial charge in [-0.25, -0.2) is 14.0 Å². The Hall–Kier alpha value is -2.50. The van der Waals surface area contributed by atoms with E-state index in [2.05, 4.69) is 9.47 Å². The number of ether oxygens (including phenoxy) is 2. The van der Waals surface area contributed by atoms with Gasteiger partial charge in [0.2, 0.25) is 0 Å². The molecule has 5 nitrogen and oxygen atoms in total. The van der Waals surface area contributed by atoms with E-state index in [1.807, 2.05) is 0 Å². The Morgan fingerprint density at radius 2 is 1.79 bits per heavy atom. The van der Waals surface area contributed by atoms with E-state index >= 15 is 0 Å². The lowest BCUT2D eigenvalue weighted by atomic mass is 10.2. The molecule has 1 aromatic rings. The third kappa shape index (κ3) is 5.12. The van der Waals surface area contributed by atoms with Gasteiger partial charge in [-0.1, -0.05) is 12.1 Å². The van der Waals surface area contributed by atoms with Crippen LogP contribution in [0.4, 0.5) is 4.39 Å². The summed E-state index contributed by atoms with van der Waals surface area (Å²) in [7, 11) is 1.14. The van der Waals surface area contributed by atoms with Crippen LogP contribution in [-0.2, 0) is 30.5 Å². The van der Waals surface area contributed by atoms with Crippen LogP contribution in [0.15, 0.2) is 36.4 Å². The summed E-state index contributed by atoms with van der Waals surface area (Å²) >= 11 is 0. The lowest BCUT2D eigenvalue weighted by Gasteiger charge is -2.02. The fourth-order valence-corrected chi connectivity index (χ4v) is 1.08. The highest BCUT2D eigenvalue weighted by Crippen LogP contribution is 2.04. The van der Waals surface area contributed by atoms with E-state index < -0.39 is 23.5 Å². The average Bonchev–Trinajstić information content (AvgIpc) is 2.43. The summed E-state index contributed by atoms with van der Waals surface area (Å²) in [5.41, 5.74) is 0.541. The zero-order valence-corrected chi connectivity index (χ0v) is 10.1. The van der Waals surface area contributed by atoms with Crippen molar-refractivity contribution in [2.45, 2.75) is 6.61 Å². The van der Waals surface area contributed by atoms with Gasteiger partial charge >= 0.3 is 11.9 Å². The molecule has 0 bridgehead atoms. The van der Waals surface area contributed by atoms with Gasteiger partial charge in [0.15, 0.2) is 0 Å². The minimum Gasteiger partial charge on any atom is -0.466 e. The molecule has 0 radical (unpaired) electrons. The van der Waals surface area contributed by atoms with E-state index in [9.17, 15) is 18.8 Å². The van der Waals surface area contributed by atoms with E-state index in [1.54, 1.807) is 0 Å². The molecule has 0 heterocycles. The predicted molar refractivity (Wildman–Crippen MR) is 62.4 cm³/mol. The number of ketones is 1. The Labute approximate surface area is 108 Å². The Morgan fingerprint density at radius 1 is 1.16 bits per heavy atom. The highest BCUT2D eigenvalue weighted by atomic mass is 19.1. The van der Waals surface area contributed by atoms with Crippen molar-refractivity contribution in [1.29, 1.82) is 0 Å². The van der Waals surface area contributed by atoms with E-state index in [-0.39, 0.29) is 6.61 Å². The van der Waals surface area contributed by atoms with Crippen molar-refractivity contribution < 1.29 is 28.2 Å². The molecule has 1 rings (SSSR count). The highest BCUT2D eigenvalue weighted by molar-refractivity contribution is 6.38. The maximum absolute atomic E-state index is 12.6. The number of esters is 2. The van der Waals surface area contributed by atoms with Crippen molar-refractivity contribution in [2.75, 3.05) is 7.11 Å². The molecule has 0 unspecified atom stereocenters. The Bertz CT molecular complexity index is 504. The van der Waals surface area contributed by atoms with Gasteiger partial charge in [0.1, 0.15) is 12.4 Å². The lowest BCUT2D eigenvalue weighted by molar-refractivity contribution is -0.152. The van der Waals surface area contributed by atoms with Gasteiger partial charge in [0.05, 0.1) is 7.11 Å². The minimum atomic E-state index is -1.11. The van der Waals surface area contributed by atoms with Gasteiger partial charge in [-0.3, -0.25) is 4.79 Å². The fraction of sp³-hybridized carbons (Fsp3) is 0.154. The molecule has 0 atom stereocenters. The summed E-state index contributed by atoms with van der Waals surface area (Å²) in [4.78, 5) is 33.1. The first kappa shape index (κ1) is 14.6. The third-order valence-corrected chi connectivity index (χ3v) is 2.06. The average molecular weight is 266 g/mol. The van der Waals surface area contributed by atoms with Crippen LogP contribution in [-0.4, -0.2) is 24.8 Å². The Morgan fingerprint density at radius 3 is 2.37 bits per heavy atom. The topological polar surface area (TPSA) is 69.7 Å². The molecule has 0 amide bonds. The van der Waals surface area contributed by atoms with Gasteiger partial charge in [-0.15, -0.1) is 0 Å². The fourth-order valence-electron chi connectivity index (χ4n) is 1.08. The predicted octanol–water partition coefficient (Wildman–Crippen LogP) is 1.17. The first-order valence-electron chi connectivity index (χ1n) is 5.24. The van der Waals surface area contributed by atoms with E-state index in [0.717, 1.165) is 19.3 Å². The molecule has 0 fully saturated rings. The molecule has 0 aromatic heterocycles. The number of carbonyl (C=O) groups excluding carboxylic acids is 3. The van der Waals surface area contributed by atoms with Crippen molar-refractivity contribution in [1.82, 2.24) is 0 Å². The van der Waals surface area contributed by atoms with Crippen molar-refractivity contribution in [2.24, 2.45) is 0 Å². The van der Waals surface area contributed by atoms with Crippen LogP contribution in [0.3, 0.4) is 0 Å². The van der Waals surface area contributed by atoms with E-state index in [4.69, 9.17) is 0 Å². The number of hydrogen-bond donors (Lipinski definition) is 0. The molecule has 6 heteroatoms. The normalized spacial score (nSPS) is 10.2. The summed E-state index contributed by atoms with van der Waals surface area (Å²) in [6.07, 6.45) is 1.58. The monoisotopic (exact) mass is 266 g/mol. The van der Waals surface area contributed by atoms with Gasteiger partial charge in [0.25, 0.3) is 5.78 Å². The summed E-state index contributed by atoms with van der Waals surface area (Å²) in [5.74, 6) is -3.25. The number of carbonyl (C=O) groups is 3. The molecule has 0 saturated carbocycles. The Balaban J connectivity index is 2.47. The van der Waals surface area contributed by atoms with Crippen molar-refractivity contribution in [3.05, 3.63) is 47.8 Å². The smallest absolute Gasteiger partial charge is 0.379 e. The third-order valence-electron chi connectivity index (χ3n) is 2.06. The van der Waals surface area contributed by atoms with Crippen LogP contribution in [0.25, 0.3) is 0 Å². The highest BCUT2D eigenvalue weighted by Gasteiger charge is 2.12. The molecular weight excluding hydrogens is 255 g/mol. The molecule has 0 aliphatic rings. The number of hydrogen-bond acceptors (Lipinski definition) is 5. The van der Waals surface area contributed by atoms with Crippen LogP contribution >= 0.6 is 0 Å². The van der Waals surface area contributed by atoms with Crippen LogP contribution in [0.2, 0.25) is 0 Å². The van der Waals surface area contributed by atoms with Gasteiger partial charge in [-0.05, 0) is 17.7 Å². The second-order valence-electron chi connectivity index (χ2n) is 3.42. The molecular formula is C13H11FO5. The number of halogens is 1. The zero-order valence-electron chi connectivity index (χ0n) is 10.1. The summed E-state index contributed by atoms with van der Waals surface area (Å²) in [5, 5.41) is 0. The van der Waals surface area contributed by atoms with Crippen LogP contribution in [0.5, 0.6) is 0 Å². The molecule has 0 saturated heterocycles. The molecule has 0 spiro atoms. The van der Waals surface area contributed by atoms with Crippen molar-refractivity contribution in [3.8, 4) is 0 Å². The second-order valence-corrected chi connectivity index (χ2v) is 3.42. The summed E-state index contributed by atoms with van der Waals surface area (Å²) in [6, 6.07) is 5.28. The largest absolute Gasteiger partial charge is 0.466 e. The summed E-state index contributed by atoms with van der Waals surface area (Å²) in [6.45, 7) is -0.156. The quantitative estimate of drug-likeness (QED) is 0.454. The first-order chi connectivity index (χ1) is 9.02. The molecule has 19 heavy (non-hydrogen) atoms. The van der Waals surface area contributed by atoms with Crippen LogP contribution in [0, 0.1) is 5.82 Å². The van der Waals surface area contributed by atoms with Crippen LogP contribution in [0.1, 0.15) is 5.56 Å². The number of rotatable bonds is 5. The van der Waals surface area contributed by atoms with Gasteiger partial charge in [0, 0.05) is 12.2 Å². The second kappa shape index (κ2) is 7.05. The number of benzene rings is 1. The molecule has 0 N–H and O–H groups in total. The standard InChI is InChI=1S/C13H11FO5/c1-18-12(16)7-6-11(15)13(17)19-8-9-2-4-10(14)5-3-9/h2-7H,8H2,1H3/b7-6+. The van der Waals surface area contributed by atoms with Gasteiger partial charge < -0.3 is 9.47 Å². The van der Waals surface area contributed by atoms with Crippen molar-refractivity contribution in [3.63, 3.8) is 0 Å². The SMILES string of the molecule is COC(=O)/C=C/C(=O)C(=O)OCc1ccc(F)cc1. The maximum Gasteiger partial charge on any atom is 0.379 e. The molecule has 0 aliphatic heterocycles. The van der Waals surface area contributed by atoms with Crippen molar-refractivity contribution >= 4 is 17.7 Å². The van der Waals surface area contributed by atoms with Gasteiger partial charge in [-0.2, -0.15) is 0 Å². The van der Waals surface area contributed by atoms with Crippen LogP contribution < -0.4 is 0 Å². The minimum absolute atomic E-state index is 0.156. The molecule has 100 valence electrons.